The van der Waals surface area contributed by atoms with Crippen molar-refractivity contribution in [3.05, 3.63) is 30.3 Å². The summed E-state index contributed by atoms with van der Waals surface area (Å²) < 4.78 is 5.04. The van der Waals surface area contributed by atoms with Crippen LogP contribution in [0.2, 0.25) is 0 Å². The second-order valence-corrected chi connectivity index (χ2v) is 3.72. The Labute approximate surface area is 86.3 Å². The predicted molar refractivity (Wildman–Crippen MR) is 58.1 cm³/mol. The van der Waals surface area contributed by atoms with Crippen LogP contribution in [-0.4, -0.2) is 11.4 Å². The predicted octanol–water partition coefficient (Wildman–Crippen LogP) is 2.65. The van der Waals surface area contributed by atoms with Crippen LogP contribution in [0.25, 0.3) is 11.3 Å². The lowest BCUT2D eigenvalue weighted by molar-refractivity contribution is 0.436. The van der Waals surface area contributed by atoms with E-state index in [0.29, 0.717) is 11.6 Å². The van der Waals surface area contributed by atoms with Crippen molar-refractivity contribution in [2.75, 3.05) is 12.0 Å². The molecule has 0 bridgehead atoms. The molecule has 0 amide bonds. The maximum atomic E-state index is 5.46. The Morgan fingerprint density at radius 2 is 2.00 bits per heavy atom. The standard InChI is InChI=1S/C10H10N2OS/c1-14-8-4-2-7(3-5-8)9-6-10(11)12-13-9/h2-6H,1H3,(H2,11,12). The Morgan fingerprint density at radius 1 is 1.29 bits per heavy atom. The zero-order valence-corrected chi connectivity index (χ0v) is 8.54. The molecule has 0 saturated carbocycles. The van der Waals surface area contributed by atoms with E-state index in [1.807, 2.05) is 30.5 Å². The molecule has 2 N–H and O–H groups in total. The Balaban J connectivity index is 2.33. The van der Waals surface area contributed by atoms with Gasteiger partial charge in [0.15, 0.2) is 11.6 Å². The number of benzene rings is 1. The Hall–Kier alpha value is -1.42. The molecule has 1 heterocycles. The molecule has 4 heteroatoms. The van der Waals surface area contributed by atoms with Gasteiger partial charge in [0.1, 0.15) is 0 Å². The van der Waals surface area contributed by atoms with Crippen LogP contribution in [0.1, 0.15) is 0 Å². The van der Waals surface area contributed by atoms with Crippen molar-refractivity contribution in [3.8, 4) is 11.3 Å². The largest absolute Gasteiger partial charge is 0.381 e. The molecule has 0 aliphatic heterocycles. The lowest BCUT2D eigenvalue weighted by Crippen LogP contribution is -1.80. The molecule has 0 saturated heterocycles. The molecule has 2 aromatic rings. The van der Waals surface area contributed by atoms with Crippen molar-refractivity contribution in [2.45, 2.75) is 4.90 Å². The number of aromatic nitrogens is 1. The minimum atomic E-state index is 0.411. The van der Waals surface area contributed by atoms with Crippen LogP contribution in [0, 0.1) is 0 Å². The molecule has 0 atom stereocenters. The van der Waals surface area contributed by atoms with Gasteiger partial charge in [-0.1, -0.05) is 17.3 Å². The van der Waals surface area contributed by atoms with Crippen LogP contribution in [0.5, 0.6) is 0 Å². The van der Waals surface area contributed by atoms with E-state index < -0.39 is 0 Å². The van der Waals surface area contributed by atoms with Crippen LogP contribution >= 0.6 is 11.8 Å². The van der Waals surface area contributed by atoms with E-state index in [-0.39, 0.29) is 0 Å². The first kappa shape index (κ1) is 9.15. The van der Waals surface area contributed by atoms with Crippen LogP contribution in [0.4, 0.5) is 5.82 Å². The Morgan fingerprint density at radius 3 is 2.50 bits per heavy atom. The molecule has 72 valence electrons. The number of nitrogen functional groups attached to an aromatic ring is 1. The van der Waals surface area contributed by atoms with E-state index in [1.54, 1.807) is 17.8 Å². The topological polar surface area (TPSA) is 52.0 Å². The number of rotatable bonds is 2. The molecule has 2 rings (SSSR count). The minimum Gasteiger partial charge on any atom is -0.381 e. The number of nitrogens with zero attached hydrogens (tertiary/aromatic N) is 1. The SMILES string of the molecule is CSc1ccc(-c2cc(N)no2)cc1. The van der Waals surface area contributed by atoms with Gasteiger partial charge in [-0.05, 0) is 18.4 Å². The Bertz CT molecular complexity index is 422. The molecule has 0 aliphatic carbocycles. The summed E-state index contributed by atoms with van der Waals surface area (Å²) in [7, 11) is 0. The van der Waals surface area contributed by atoms with Gasteiger partial charge in [-0.15, -0.1) is 11.8 Å². The summed E-state index contributed by atoms with van der Waals surface area (Å²) in [5.74, 6) is 1.11. The highest BCUT2D eigenvalue weighted by Gasteiger charge is 2.03. The fraction of sp³-hybridized carbons (Fsp3) is 0.100. The second-order valence-electron chi connectivity index (χ2n) is 2.84. The number of nitrogens with two attached hydrogens (primary N) is 1. The summed E-state index contributed by atoms with van der Waals surface area (Å²) in [5, 5.41) is 3.63. The molecule has 0 spiro atoms. The van der Waals surface area contributed by atoms with E-state index >= 15 is 0 Å². The maximum absolute atomic E-state index is 5.46. The van der Waals surface area contributed by atoms with E-state index in [0.717, 1.165) is 5.56 Å². The normalized spacial score (nSPS) is 10.4. The first-order chi connectivity index (χ1) is 6.79. The highest BCUT2D eigenvalue weighted by Crippen LogP contribution is 2.23. The van der Waals surface area contributed by atoms with Crippen molar-refractivity contribution < 1.29 is 4.52 Å². The lowest BCUT2D eigenvalue weighted by Gasteiger charge is -1.97. The molecular weight excluding hydrogens is 196 g/mol. The lowest BCUT2D eigenvalue weighted by atomic mass is 10.2. The van der Waals surface area contributed by atoms with Crippen LogP contribution in [0.3, 0.4) is 0 Å². The molecule has 14 heavy (non-hydrogen) atoms. The monoisotopic (exact) mass is 206 g/mol. The molecular formula is C10H10N2OS. The summed E-state index contributed by atoms with van der Waals surface area (Å²) in [6.45, 7) is 0. The van der Waals surface area contributed by atoms with E-state index in [1.165, 1.54) is 4.90 Å². The molecule has 0 fully saturated rings. The maximum Gasteiger partial charge on any atom is 0.169 e. The van der Waals surface area contributed by atoms with Crippen molar-refractivity contribution in [3.63, 3.8) is 0 Å². The third kappa shape index (κ3) is 1.75. The third-order valence-electron chi connectivity index (χ3n) is 1.90. The Kier molecular flexibility index (Phi) is 2.45. The average Bonchev–Trinajstić information content (AvgIpc) is 2.65. The molecule has 1 aromatic heterocycles. The van der Waals surface area contributed by atoms with Gasteiger partial charge in [0.05, 0.1) is 0 Å². The number of anilines is 1. The summed E-state index contributed by atoms with van der Waals surface area (Å²) in [6.07, 6.45) is 2.04. The zero-order valence-electron chi connectivity index (χ0n) is 7.73. The summed E-state index contributed by atoms with van der Waals surface area (Å²) in [6, 6.07) is 9.78. The first-order valence-electron chi connectivity index (χ1n) is 4.16. The average molecular weight is 206 g/mol. The number of hydrogen-bond acceptors (Lipinski definition) is 4. The van der Waals surface area contributed by atoms with Gasteiger partial charge < -0.3 is 10.3 Å². The van der Waals surface area contributed by atoms with Crippen LogP contribution < -0.4 is 5.73 Å². The summed E-state index contributed by atoms with van der Waals surface area (Å²) in [4.78, 5) is 1.22. The quantitative estimate of drug-likeness (QED) is 0.767. The number of thioether (sulfide) groups is 1. The van der Waals surface area contributed by atoms with Crippen molar-refractivity contribution in [1.29, 1.82) is 0 Å². The summed E-state index contributed by atoms with van der Waals surface area (Å²) >= 11 is 1.71. The van der Waals surface area contributed by atoms with Crippen molar-refractivity contribution in [1.82, 2.24) is 5.16 Å². The highest BCUT2D eigenvalue weighted by atomic mass is 32.2. The van der Waals surface area contributed by atoms with E-state index in [9.17, 15) is 0 Å². The summed E-state index contributed by atoms with van der Waals surface area (Å²) in [5.41, 5.74) is 6.46. The smallest absolute Gasteiger partial charge is 0.169 e. The molecule has 0 unspecified atom stereocenters. The minimum absolute atomic E-state index is 0.411. The van der Waals surface area contributed by atoms with Gasteiger partial charge in [0, 0.05) is 16.5 Å². The zero-order chi connectivity index (χ0) is 9.97. The fourth-order valence-corrected chi connectivity index (χ4v) is 1.59. The molecule has 1 aromatic carbocycles. The molecule has 3 nitrogen and oxygen atoms in total. The van der Waals surface area contributed by atoms with Crippen molar-refractivity contribution >= 4 is 17.6 Å². The second kappa shape index (κ2) is 3.75. The van der Waals surface area contributed by atoms with Gasteiger partial charge in [-0.2, -0.15) is 0 Å². The van der Waals surface area contributed by atoms with Gasteiger partial charge in [0.25, 0.3) is 0 Å². The highest BCUT2D eigenvalue weighted by molar-refractivity contribution is 7.98. The first-order valence-corrected chi connectivity index (χ1v) is 5.38. The fourth-order valence-electron chi connectivity index (χ4n) is 1.18. The van der Waals surface area contributed by atoms with E-state index in [2.05, 4.69) is 5.16 Å². The van der Waals surface area contributed by atoms with E-state index in [4.69, 9.17) is 10.3 Å². The van der Waals surface area contributed by atoms with Gasteiger partial charge >= 0.3 is 0 Å². The van der Waals surface area contributed by atoms with Crippen LogP contribution in [0.15, 0.2) is 39.8 Å². The van der Waals surface area contributed by atoms with Gasteiger partial charge in [0.2, 0.25) is 0 Å². The third-order valence-corrected chi connectivity index (χ3v) is 2.65. The number of hydrogen-bond donors (Lipinski definition) is 1. The molecule has 0 radical (unpaired) electrons. The van der Waals surface area contributed by atoms with Gasteiger partial charge in [-0.25, -0.2) is 0 Å². The van der Waals surface area contributed by atoms with Gasteiger partial charge in [-0.3, -0.25) is 0 Å². The van der Waals surface area contributed by atoms with Crippen molar-refractivity contribution in [2.24, 2.45) is 0 Å². The van der Waals surface area contributed by atoms with Crippen LogP contribution in [-0.2, 0) is 0 Å². The molecule has 0 aliphatic rings.